The zero-order chi connectivity index (χ0) is 9.19. The summed E-state index contributed by atoms with van der Waals surface area (Å²) in [4.78, 5) is 3.72. The highest BCUT2D eigenvalue weighted by Gasteiger charge is 2.23. The Kier molecular flexibility index (Phi) is 2.71. The molecule has 0 saturated carbocycles. The predicted molar refractivity (Wildman–Crippen MR) is 41.0 cm³/mol. The van der Waals surface area contributed by atoms with Gasteiger partial charge in [0.25, 0.3) is 5.22 Å². The van der Waals surface area contributed by atoms with Crippen molar-refractivity contribution in [3.05, 3.63) is 12.0 Å². The number of halogens is 3. The van der Waals surface area contributed by atoms with Crippen molar-refractivity contribution in [3.8, 4) is 0 Å². The van der Waals surface area contributed by atoms with Crippen molar-refractivity contribution in [1.29, 1.82) is 0 Å². The maximum absolute atomic E-state index is 11.7. The minimum Gasteiger partial charge on any atom is -0.448 e. The molecule has 1 aromatic rings. The van der Waals surface area contributed by atoms with E-state index in [-0.39, 0.29) is 5.22 Å². The lowest BCUT2D eigenvalue weighted by Gasteiger charge is -2.09. The third-order valence-corrected chi connectivity index (χ3v) is 1.97. The number of nitrogens with zero attached hydrogens (tertiary/aromatic N) is 1. The van der Waals surface area contributed by atoms with E-state index in [4.69, 9.17) is 4.42 Å². The minimum atomic E-state index is -4.76. The highest BCUT2D eigenvalue weighted by Crippen LogP contribution is 2.23. The lowest BCUT2D eigenvalue weighted by molar-refractivity contribution is 0.452. The van der Waals surface area contributed by atoms with Crippen molar-refractivity contribution in [2.24, 2.45) is 0 Å². The van der Waals surface area contributed by atoms with Crippen LogP contribution in [-0.2, 0) is 0 Å². The number of rotatable bonds is 3. The average molecular weight is 196 g/mol. The fourth-order valence-corrected chi connectivity index (χ4v) is 1.22. The fourth-order valence-electron chi connectivity index (χ4n) is 0.564. The van der Waals surface area contributed by atoms with E-state index < -0.39 is 12.6 Å². The first-order chi connectivity index (χ1) is 5.47. The van der Waals surface area contributed by atoms with E-state index >= 15 is 0 Å². The second-order valence-corrected chi connectivity index (χ2v) is 3.25. The van der Waals surface area contributed by atoms with E-state index in [1.807, 2.05) is 0 Å². The van der Waals surface area contributed by atoms with Crippen molar-refractivity contribution in [2.45, 2.75) is 12.1 Å². The Labute approximate surface area is 71.6 Å². The minimum absolute atomic E-state index is 0.0756. The molecule has 1 rings (SSSR count). The van der Waals surface area contributed by atoms with Gasteiger partial charge in [0, 0.05) is 0 Å². The van der Waals surface area contributed by atoms with Gasteiger partial charge < -0.3 is 17.4 Å². The van der Waals surface area contributed by atoms with E-state index in [9.17, 15) is 12.9 Å². The molecule has 0 spiro atoms. The van der Waals surface area contributed by atoms with Crippen LogP contribution in [0.25, 0.3) is 0 Å². The third kappa shape index (κ3) is 3.21. The number of hydrogen-bond acceptors (Lipinski definition) is 3. The van der Waals surface area contributed by atoms with Crippen LogP contribution >= 0.6 is 11.8 Å². The molecule has 68 valence electrons. The van der Waals surface area contributed by atoms with Gasteiger partial charge >= 0.3 is 6.98 Å². The van der Waals surface area contributed by atoms with Gasteiger partial charge in [0.15, 0.2) is 0 Å². The number of thioether (sulfide) groups is 1. The Bertz CT molecular complexity index is 261. The molecule has 0 fully saturated rings. The zero-order valence-electron chi connectivity index (χ0n) is 6.26. The van der Waals surface area contributed by atoms with Crippen molar-refractivity contribution in [2.75, 3.05) is 5.65 Å². The number of aryl methyl sites for hydroxylation is 1. The zero-order valence-corrected chi connectivity index (χ0v) is 7.08. The van der Waals surface area contributed by atoms with Gasteiger partial charge in [-0.3, -0.25) is 0 Å². The van der Waals surface area contributed by atoms with E-state index in [1.54, 1.807) is 6.92 Å². The number of oxazole rings is 1. The molecule has 2 nitrogen and oxygen atoms in total. The van der Waals surface area contributed by atoms with Gasteiger partial charge in [0.05, 0.1) is 5.69 Å². The van der Waals surface area contributed by atoms with Crippen LogP contribution in [0.5, 0.6) is 0 Å². The summed E-state index contributed by atoms with van der Waals surface area (Å²) in [6, 6.07) is 0. The normalized spacial score (nSPS) is 12.0. The first-order valence-corrected chi connectivity index (χ1v) is 4.22. The summed E-state index contributed by atoms with van der Waals surface area (Å²) < 4.78 is 39.9. The molecule has 0 saturated heterocycles. The van der Waals surface area contributed by atoms with Crippen LogP contribution < -0.4 is 0 Å². The van der Waals surface area contributed by atoms with E-state index in [2.05, 4.69) is 4.98 Å². The molecule has 1 aromatic heterocycles. The van der Waals surface area contributed by atoms with Crippen molar-refractivity contribution in [3.63, 3.8) is 0 Å². The van der Waals surface area contributed by atoms with Crippen LogP contribution in [0.3, 0.4) is 0 Å². The summed E-state index contributed by atoms with van der Waals surface area (Å²) in [6.07, 6.45) is 1.33. The molecule has 0 radical (unpaired) electrons. The van der Waals surface area contributed by atoms with Gasteiger partial charge in [0.1, 0.15) is 6.26 Å². The van der Waals surface area contributed by atoms with E-state index in [0.29, 0.717) is 17.5 Å². The largest absolute Gasteiger partial charge is 0.488 e. The van der Waals surface area contributed by atoms with Crippen LogP contribution in [0.4, 0.5) is 12.9 Å². The summed E-state index contributed by atoms with van der Waals surface area (Å²) in [6.45, 7) is -3.10. The average Bonchev–Trinajstić information content (AvgIpc) is 2.30. The van der Waals surface area contributed by atoms with Gasteiger partial charge in [-0.15, -0.1) is 0 Å². The summed E-state index contributed by atoms with van der Waals surface area (Å²) in [5, 5.41) is 0.0756. The van der Waals surface area contributed by atoms with Gasteiger partial charge in [0.2, 0.25) is 0 Å². The SMILES string of the molecule is Cc1coc(SC[B-](F)(F)F)n1. The Hall–Kier alpha value is -0.585. The lowest BCUT2D eigenvalue weighted by atomic mass is 9.98. The molecule has 0 atom stereocenters. The van der Waals surface area contributed by atoms with E-state index in [1.165, 1.54) is 6.26 Å². The van der Waals surface area contributed by atoms with Crippen LogP contribution in [-0.4, -0.2) is 17.6 Å². The Morgan fingerprint density at radius 2 is 2.25 bits per heavy atom. The second-order valence-electron chi connectivity index (χ2n) is 2.28. The maximum Gasteiger partial charge on any atom is 0.488 e. The molecule has 1 heterocycles. The standard InChI is InChI=1S/C5H6BF3NOS/c1-4-2-11-5(10-4)12-3-6(7,8)9/h2H,3H2,1H3/q-1. The molecule has 0 aliphatic heterocycles. The first-order valence-electron chi connectivity index (χ1n) is 3.23. The highest BCUT2D eigenvalue weighted by atomic mass is 32.2. The molecule has 0 unspecified atom stereocenters. The van der Waals surface area contributed by atoms with Gasteiger partial charge in [-0.05, 0) is 12.6 Å². The molecular weight excluding hydrogens is 190 g/mol. The molecule has 0 amide bonds. The molecule has 0 N–H and O–H groups in total. The van der Waals surface area contributed by atoms with Gasteiger partial charge in [-0.1, -0.05) is 11.8 Å². The smallest absolute Gasteiger partial charge is 0.448 e. The first kappa shape index (κ1) is 9.50. The molecule has 0 aliphatic rings. The molecular formula is C5H6BF3NOS-. The lowest BCUT2D eigenvalue weighted by Crippen LogP contribution is -2.18. The molecule has 0 bridgehead atoms. The van der Waals surface area contributed by atoms with Crippen molar-refractivity contribution < 1.29 is 17.4 Å². The highest BCUT2D eigenvalue weighted by molar-refractivity contribution is 8.00. The number of aromatic nitrogens is 1. The van der Waals surface area contributed by atoms with Crippen LogP contribution in [0.1, 0.15) is 5.69 Å². The number of hydrogen-bond donors (Lipinski definition) is 0. The maximum atomic E-state index is 11.7. The summed E-state index contributed by atoms with van der Waals surface area (Å²) in [5.74, 6) is 0. The fraction of sp³-hybridized carbons (Fsp3) is 0.400. The topological polar surface area (TPSA) is 26.0 Å². The second kappa shape index (κ2) is 3.43. The predicted octanol–water partition coefficient (Wildman–Crippen LogP) is 2.46. The van der Waals surface area contributed by atoms with Crippen LogP contribution in [0.2, 0.25) is 0 Å². The van der Waals surface area contributed by atoms with Gasteiger partial charge in [-0.2, -0.15) is 0 Å². The molecule has 0 aromatic carbocycles. The molecule has 0 aliphatic carbocycles. The quantitative estimate of drug-likeness (QED) is 0.548. The third-order valence-electron chi connectivity index (χ3n) is 0.994. The molecule has 12 heavy (non-hydrogen) atoms. The monoisotopic (exact) mass is 196 g/mol. The van der Waals surface area contributed by atoms with E-state index in [0.717, 1.165) is 0 Å². The van der Waals surface area contributed by atoms with Crippen molar-refractivity contribution >= 4 is 18.7 Å². The summed E-state index contributed by atoms with van der Waals surface area (Å²) >= 11 is 0.573. The Morgan fingerprint density at radius 3 is 2.67 bits per heavy atom. The molecule has 7 heteroatoms. The van der Waals surface area contributed by atoms with Crippen LogP contribution in [0, 0.1) is 6.92 Å². The summed E-state index contributed by atoms with van der Waals surface area (Å²) in [7, 11) is 0. The van der Waals surface area contributed by atoms with Crippen molar-refractivity contribution in [1.82, 2.24) is 4.98 Å². The summed E-state index contributed by atoms with van der Waals surface area (Å²) in [5.41, 5.74) is -0.313. The Balaban J connectivity index is 2.44. The van der Waals surface area contributed by atoms with Crippen LogP contribution in [0.15, 0.2) is 15.9 Å². The van der Waals surface area contributed by atoms with Gasteiger partial charge in [-0.25, -0.2) is 4.98 Å². The Morgan fingerprint density at radius 1 is 1.58 bits per heavy atom.